The Morgan fingerprint density at radius 2 is 2.50 bits per heavy atom. The molecule has 0 amide bonds. The first-order valence-corrected chi connectivity index (χ1v) is 2.08. The van der Waals surface area contributed by atoms with Crippen LogP contribution in [0.2, 0.25) is 0 Å². The van der Waals surface area contributed by atoms with Gasteiger partial charge in [0.15, 0.2) is 6.04 Å². The van der Waals surface area contributed by atoms with Crippen molar-refractivity contribution in [1.82, 2.24) is 5.32 Å². The van der Waals surface area contributed by atoms with Crippen LogP contribution in [0.15, 0.2) is 0 Å². The molecule has 0 radical (unpaired) electrons. The van der Waals surface area contributed by atoms with Gasteiger partial charge in [-0.15, -0.1) is 6.42 Å². The Morgan fingerprint density at radius 1 is 2.00 bits per heavy atom. The van der Waals surface area contributed by atoms with Gasteiger partial charge in [-0.25, -0.2) is 4.79 Å². The first-order valence-electron chi connectivity index (χ1n) is 2.08. The molecule has 0 fully saturated rings. The summed E-state index contributed by atoms with van der Waals surface area (Å²) < 4.78 is 0. The second-order valence-electron chi connectivity index (χ2n) is 1.23. The number of likely N-dealkylation sites (N-methyl/N-ethyl adjacent to an activating group) is 1. The molecule has 44 valence electrons. The molecule has 3 nitrogen and oxygen atoms in total. The van der Waals surface area contributed by atoms with Crippen LogP contribution in [-0.2, 0) is 4.79 Å². The summed E-state index contributed by atoms with van der Waals surface area (Å²) in [7, 11) is 1.50. The summed E-state index contributed by atoms with van der Waals surface area (Å²) in [6.45, 7) is 0. The van der Waals surface area contributed by atoms with E-state index in [4.69, 9.17) is 11.5 Å². The predicted octanol–water partition coefficient (Wildman–Crippen LogP) is -0.708. The van der Waals surface area contributed by atoms with E-state index in [0.29, 0.717) is 0 Å². The lowest BCUT2D eigenvalue weighted by molar-refractivity contribution is -0.137. The van der Waals surface area contributed by atoms with Gasteiger partial charge in [-0.3, -0.25) is 5.32 Å². The molecule has 8 heavy (non-hydrogen) atoms. The smallest absolute Gasteiger partial charge is 0.333 e. The van der Waals surface area contributed by atoms with Gasteiger partial charge in [0.1, 0.15) is 0 Å². The zero-order valence-electron chi connectivity index (χ0n) is 4.51. The van der Waals surface area contributed by atoms with Crippen LogP contribution in [0.3, 0.4) is 0 Å². The third-order valence-electron chi connectivity index (χ3n) is 0.702. The Bertz CT molecular complexity index is 125. The van der Waals surface area contributed by atoms with E-state index in [2.05, 4.69) is 5.32 Å². The highest BCUT2D eigenvalue weighted by atomic mass is 16.4. The number of nitrogens with one attached hydrogen (secondary N) is 1. The monoisotopic (exact) mass is 113 g/mol. The summed E-state index contributed by atoms with van der Waals surface area (Å²) in [6, 6.07) is -0.852. The highest BCUT2D eigenvalue weighted by Gasteiger charge is 2.08. The van der Waals surface area contributed by atoms with Crippen LogP contribution in [0.1, 0.15) is 0 Å². The van der Waals surface area contributed by atoms with E-state index < -0.39 is 12.0 Å². The van der Waals surface area contributed by atoms with Gasteiger partial charge >= 0.3 is 5.97 Å². The van der Waals surface area contributed by atoms with Crippen molar-refractivity contribution in [2.45, 2.75) is 6.04 Å². The van der Waals surface area contributed by atoms with Gasteiger partial charge in [-0.2, -0.15) is 0 Å². The fraction of sp³-hybridized carbons (Fsp3) is 0.400. The molecule has 1 atom stereocenters. The van der Waals surface area contributed by atoms with Crippen molar-refractivity contribution < 1.29 is 9.90 Å². The molecule has 0 aliphatic rings. The molecule has 0 aromatic carbocycles. The van der Waals surface area contributed by atoms with Crippen LogP contribution < -0.4 is 5.32 Å². The molecule has 0 aromatic heterocycles. The molecule has 0 aliphatic carbocycles. The summed E-state index contributed by atoms with van der Waals surface area (Å²) in [5.41, 5.74) is 0. The van der Waals surface area contributed by atoms with E-state index in [1.165, 1.54) is 7.05 Å². The Labute approximate surface area is 47.7 Å². The fourth-order valence-corrected chi connectivity index (χ4v) is 0.278. The summed E-state index contributed by atoms with van der Waals surface area (Å²) in [4.78, 5) is 9.96. The molecular weight excluding hydrogens is 106 g/mol. The van der Waals surface area contributed by atoms with E-state index >= 15 is 0 Å². The number of carboxylic acid groups (broad SMARTS) is 1. The van der Waals surface area contributed by atoms with Crippen LogP contribution in [0, 0.1) is 12.3 Å². The molecule has 0 rings (SSSR count). The predicted molar refractivity (Wildman–Crippen MR) is 29.3 cm³/mol. The van der Waals surface area contributed by atoms with Gasteiger partial charge in [0.25, 0.3) is 0 Å². The second kappa shape index (κ2) is 3.05. The van der Waals surface area contributed by atoms with Crippen molar-refractivity contribution in [2.75, 3.05) is 7.05 Å². The molecule has 0 spiro atoms. The highest BCUT2D eigenvalue weighted by Crippen LogP contribution is 1.75. The van der Waals surface area contributed by atoms with Crippen molar-refractivity contribution in [3.05, 3.63) is 0 Å². The summed E-state index contributed by atoms with van der Waals surface area (Å²) in [5.74, 6) is 1.02. The Kier molecular flexibility index (Phi) is 2.67. The Balaban J connectivity index is 3.76. The van der Waals surface area contributed by atoms with E-state index in [-0.39, 0.29) is 0 Å². The number of rotatable bonds is 2. The topological polar surface area (TPSA) is 49.3 Å². The second-order valence-corrected chi connectivity index (χ2v) is 1.23. The lowest BCUT2D eigenvalue weighted by Gasteiger charge is -1.99. The number of hydrogen-bond acceptors (Lipinski definition) is 2. The van der Waals surface area contributed by atoms with Crippen molar-refractivity contribution in [3.63, 3.8) is 0 Å². The van der Waals surface area contributed by atoms with Gasteiger partial charge in [0.05, 0.1) is 0 Å². The first kappa shape index (κ1) is 6.99. The lowest BCUT2D eigenvalue weighted by atomic mass is 10.3. The number of carboxylic acids is 1. The fourth-order valence-electron chi connectivity index (χ4n) is 0.278. The molecule has 0 saturated heterocycles. The normalized spacial score (nSPS) is 12.0. The van der Waals surface area contributed by atoms with Crippen molar-refractivity contribution >= 4 is 5.97 Å². The molecular formula is C5H7NO2. The van der Waals surface area contributed by atoms with E-state index in [1.54, 1.807) is 0 Å². The van der Waals surface area contributed by atoms with Crippen LogP contribution in [0.5, 0.6) is 0 Å². The SMILES string of the molecule is C#CC(NC)C(=O)O. The molecule has 0 heterocycles. The maximum Gasteiger partial charge on any atom is 0.333 e. The maximum absolute atomic E-state index is 9.96. The van der Waals surface area contributed by atoms with Crippen molar-refractivity contribution in [1.29, 1.82) is 0 Å². The number of aliphatic carboxylic acids is 1. The summed E-state index contributed by atoms with van der Waals surface area (Å²) in [6.07, 6.45) is 4.79. The third kappa shape index (κ3) is 1.63. The van der Waals surface area contributed by atoms with Gasteiger partial charge < -0.3 is 5.11 Å². The van der Waals surface area contributed by atoms with Crippen LogP contribution in [0.4, 0.5) is 0 Å². The molecule has 3 heteroatoms. The molecule has 0 bridgehead atoms. The minimum Gasteiger partial charge on any atom is -0.479 e. The average Bonchev–Trinajstić information content (AvgIpc) is 1.69. The largest absolute Gasteiger partial charge is 0.479 e. The molecule has 2 N–H and O–H groups in total. The van der Waals surface area contributed by atoms with Crippen LogP contribution in [0.25, 0.3) is 0 Å². The Morgan fingerprint density at radius 3 is 2.50 bits per heavy atom. The molecule has 0 aliphatic heterocycles. The zero-order valence-corrected chi connectivity index (χ0v) is 4.51. The van der Waals surface area contributed by atoms with Crippen LogP contribution in [-0.4, -0.2) is 24.2 Å². The minimum absolute atomic E-state index is 0.852. The quantitative estimate of drug-likeness (QED) is 0.465. The summed E-state index contributed by atoms with van der Waals surface area (Å²) in [5, 5.41) is 10.6. The van der Waals surface area contributed by atoms with Crippen molar-refractivity contribution in [2.24, 2.45) is 0 Å². The van der Waals surface area contributed by atoms with Gasteiger partial charge in [-0.05, 0) is 7.05 Å². The van der Waals surface area contributed by atoms with E-state index in [9.17, 15) is 4.79 Å². The van der Waals surface area contributed by atoms with Gasteiger partial charge in [0.2, 0.25) is 0 Å². The van der Waals surface area contributed by atoms with Gasteiger partial charge in [-0.1, -0.05) is 5.92 Å². The molecule has 0 aromatic rings. The van der Waals surface area contributed by atoms with Crippen molar-refractivity contribution in [3.8, 4) is 12.3 Å². The first-order chi connectivity index (χ1) is 3.72. The highest BCUT2D eigenvalue weighted by molar-refractivity contribution is 5.77. The number of hydrogen-bond donors (Lipinski definition) is 2. The summed E-state index contributed by atoms with van der Waals surface area (Å²) >= 11 is 0. The minimum atomic E-state index is -1.02. The lowest BCUT2D eigenvalue weighted by Crippen LogP contribution is -2.31. The van der Waals surface area contributed by atoms with Crippen LogP contribution >= 0.6 is 0 Å². The maximum atomic E-state index is 9.96. The Hall–Kier alpha value is -1.01. The zero-order chi connectivity index (χ0) is 6.57. The van der Waals surface area contributed by atoms with E-state index in [0.717, 1.165) is 0 Å². The molecule has 0 saturated carbocycles. The molecule has 1 unspecified atom stereocenters. The standard InChI is InChI=1S/C5H7NO2/c1-3-4(6-2)5(7)8/h1,4,6H,2H3,(H,7,8). The third-order valence-corrected chi connectivity index (χ3v) is 0.702. The number of carbonyl (C=O) groups is 1. The van der Waals surface area contributed by atoms with E-state index in [1.807, 2.05) is 5.92 Å². The van der Waals surface area contributed by atoms with Gasteiger partial charge in [0, 0.05) is 0 Å². The average molecular weight is 113 g/mol. The number of terminal acetylenes is 1.